The van der Waals surface area contributed by atoms with E-state index in [1.807, 2.05) is 0 Å². The van der Waals surface area contributed by atoms with E-state index in [9.17, 15) is 0 Å². The first kappa shape index (κ1) is 16.1. The molecule has 6 nitrogen and oxygen atoms in total. The smallest absolute Gasteiger partial charge is 0.244 e. The fraction of sp³-hybridized carbons (Fsp3) is 0.526. The molecule has 1 saturated heterocycles. The second-order valence-electron chi connectivity index (χ2n) is 7.01. The molecule has 0 bridgehead atoms. The Bertz CT molecular complexity index is 675. The van der Waals surface area contributed by atoms with Gasteiger partial charge in [0.25, 0.3) is 0 Å². The standard InChI is InChI=1S/C19H26N6/c1-2-6-15(7-3-1)22-19-23-18(14-20-24-19)21-16-8-10-17(11-9-16)25-12-4-5-13-25/h8-11,14-15H,1-7,12-13H2,(H2,21,22,23,24). The number of nitrogens with zero attached hydrogens (tertiary/aromatic N) is 4. The minimum Gasteiger partial charge on any atom is -0.372 e. The first-order valence-electron chi connectivity index (χ1n) is 9.45. The van der Waals surface area contributed by atoms with Crippen molar-refractivity contribution in [3.05, 3.63) is 30.5 Å². The van der Waals surface area contributed by atoms with E-state index in [1.165, 1.54) is 63.7 Å². The number of aromatic nitrogens is 3. The molecule has 1 saturated carbocycles. The summed E-state index contributed by atoms with van der Waals surface area (Å²) in [7, 11) is 0. The highest BCUT2D eigenvalue weighted by atomic mass is 15.3. The third kappa shape index (κ3) is 4.18. The SMILES string of the molecule is c1cc(N2CCCC2)ccc1Nc1cnnc(NC2CCCCC2)n1. The minimum atomic E-state index is 0.477. The van der Waals surface area contributed by atoms with Crippen molar-refractivity contribution >= 4 is 23.1 Å². The Morgan fingerprint density at radius 2 is 1.68 bits per heavy atom. The van der Waals surface area contributed by atoms with Crippen LogP contribution in [0.3, 0.4) is 0 Å². The van der Waals surface area contributed by atoms with Gasteiger partial charge in [0.15, 0.2) is 5.82 Å². The van der Waals surface area contributed by atoms with Crippen molar-refractivity contribution in [2.24, 2.45) is 0 Å². The van der Waals surface area contributed by atoms with Crippen LogP contribution in [0.4, 0.5) is 23.1 Å². The Balaban J connectivity index is 1.39. The third-order valence-electron chi connectivity index (χ3n) is 5.11. The van der Waals surface area contributed by atoms with E-state index < -0.39 is 0 Å². The van der Waals surface area contributed by atoms with Crippen LogP contribution in [-0.4, -0.2) is 34.3 Å². The van der Waals surface area contributed by atoms with E-state index in [1.54, 1.807) is 6.20 Å². The minimum absolute atomic E-state index is 0.477. The summed E-state index contributed by atoms with van der Waals surface area (Å²) in [6.07, 6.45) is 10.6. The lowest BCUT2D eigenvalue weighted by molar-refractivity contribution is 0.460. The average molecular weight is 338 g/mol. The zero-order chi connectivity index (χ0) is 16.9. The summed E-state index contributed by atoms with van der Waals surface area (Å²) in [5.74, 6) is 1.34. The lowest BCUT2D eigenvalue weighted by atomic mass is 9.96. The van der Waals surface area contributed by atoms with Crippen LogP contribution in [-0.2, 0) is 0 Å². The van der Waals surface area contributed by atoms with E-state index in [0.29, 0.717) is 12.0 Å². The molecule has 2 N–H and O–H groups in total. The second kappa shape index (κ2) is 7.68. The van der Waals surface area contributed by atoms with Crippen molar-refractivity contribution in [3.63, 3.8) is 0 Å². The summed E-state index contributed by atoms with van der Waals surface area (Å²) in [4.78, 5) is 6.99. The molecule has 132 valence electrons. The summed E-state index contributed by atoms with van der Waals surface area (Å²) >= 11 is 0. The maximum Gasteiger partial charge on any atom is 0.244 e. The predicted molar refractivity (Wildman–Crippen MR) is 101 cm³/mol. The number of hydrogen-bond acceptors (Lipinski definition) is 6. The van der Waals surface area contributed by atoms with E-state index in [2.05, 4.69) is 55.0 Å². The number of anilines is 4. The van der Waals surface area contributed by atoms with Gasteiger partial charge in [0.1, 0.15) is 0 Å². The normalized spacial score (nSPS) is 18.3. The Morgan fingerprint density at radius 1 is 0.920 bits per heavy atom. The molecule has 6 heteroatoms. The first-order chi connectivity index (χ1) is 12.4. The lowest BCUT2D eigenvalue weighted by Crippen LogP contribution is -2.23. The van der Waals surface area contributed by atoms with Crippen LogP contribution in [0.25, 0.3) is 0 Å². The quantitative estimate of drug-likeness (QED) is 0.860. The van der Waals surface area contributed by atoms with Crippen molar-refractivity contribution in [1.29, 1.82) is 0 Å². The van der Waals surface area contributed by atoms with Gasteiger partial charge in [0.05, 0.1) is 6.20 Å². The van der Waals surface area contributed by atoms with Gasteiger partial charge in [-0.2, -0.15) is 10.1 Å². The Morgan fingerprint density at radius 3 is 2.44 bits per heavy atom. The molecule has 1 aromatic heterocycles. The molecule has 2 aliphatic rings. The largest absolute Gasteiger partial charge is 0.372 e. The van der Waals surface area contributed by atoms with Crippen molar-refractivity contribution in [2.45, 2.75) is 51.0 Å². The molecule has 1 aliphatic heterocycles. The summed E-state index contributed by atoms with van der Waals surface area (Å²) in [6, 6.07) is 9.02. The van der Waals surface area contributed by atoms with Gasteiger partial charge >= 0.3 is 0 Å². The maximum atomic E-state index is 4.56. The van der Waals surface area contributed by atoms with Gasteiger partial charge in [-0.1, -0.05) is 19.3 Å². The van der Waals surface area contributed by atoms with Crippen molar-refractivity contribution in [3.8, 4) is 0 Å². The summed E-state index contributed by atoms with van der Waals surface area (Å²) in [6.45, 7) is 2.33. The highest BCUT2D eigenvalue weighted by Crippen LogP contribution is 2.24. The summed E-state index contributed by atoms with van der Waals surface area (Å²) < 4.78 is 0. The molecule has 1 aromatic carbocycles. The van der Waals surface area contributed by atoms with Crippen molar-refractivity contribution < 1.29 is 0 Å². The van der Waals surface area contributed by atoms with Crippen LogP contribution >= 0.6 is 0 Å². The fourth-order valence-electron chi connectivity index (χ4n) is 3.73. The molecule has 0 radical (unpaired) electrons. The highest BCUT2D eigenvalue weighted by molar-refractivity contribution is 5.61. The van der Waals surface area contributed by atoms with E-state index in [0.717, 1.165) is 11.5 Å². The number of nitrogens with one attached hydrogen (secondary N) is 2. The molecule has 0 spiro atoms. The molecule has 1 aliphatic carbocycles. The monoisotopic (exact) mass is 338 g/mol. The Hall–Kier alpha value is -2.37. The van der Waals surface area contributed by atoms with Crippen molar-refractivity contribution in [1.82, 2.24) is 15.2 Å². The molecule has 4 rings (SSSR count). The molecule has 0 atom stereocenters. The predicted octanol–water partition coefficient (Wildman–Crippen LogP) is 3.96. The number of hydrogen-bond donors (Lipinski definition) is 2. The number of benzene rings is 1. The van der Waals surface area contributed by atoms with Crippen LogP contribution in [0.5, 0.6) is 0 Å². The van der Waals surface area contributed by atoms with E-state index in [-0.39, 0.29) is 0 Å². The summed E-state index contributed by atoms with van der Waals surface area (Å²) in [5, 5.41) is 15.0. The maximum absolute atomic E-state index is 4.56. The highest BCUT2D eigenvalue weighted by Gasteiger charge is 2.15. The van der Waals surface area contributed by atoms with Crippen LogP contribution in [0.2, 0.25) is 0 Å². The van der Waals surface area contributed by atoms with Gasteiger partial charge in [0.2, 0.25) is 5.95 Å². The number of rotatable bonds is 5. The molecule has 25 heavy (non-hydrogen) atoms. The lowest BCUT2D eigenvalue weighted by Gasteiger charge is -2.22. The van der Waals surface area contributed by atoms with Gasteiger partial charge < -0.3 is 15.5 Å². The third-order valence-corrected chi connectivity index (χ3v) is 5.11. The fourth-order valence-corrected chi connectivity index (χ4v) is 3.73. The Labute approximate surface area is 149 Å². The average Bonchev–Trinajstić information content (AvgIpc) is 3.18. The van der Waals surface area contributed by atoms with Crippen LogP contribution < -0.4 is 15.5 Å². The van der Waals surface area contributed by atoms with E-state index in [4.69, 9.17) is 0 Å². The second-order valence-corrected chi connectivity index (χ2v) is 7.01. The molecule has 2 heterocycles. The molecular weight excluding hydrogens is 312 g/mol. The van der Waals surface area contributed by atoms with Gasteiger partial charge in [-0.25, -0.2) is 0 Å². The van der Waals surface area contributed by atoms with Gasteiger partial charge in [-0.3, -0.25) is 0 Å². The molecule has 0 unspecified atom stereocenters. The summed E-state index contributed by atoms with van der Waals surface area (Å²) in [5.41, 5.74) is 2.32. The van der Waals surface area contributed by atoms with Gasteiger partial charge in [-0.15, -0.1) is 5.10 Å². The van der Waals surface area contributed by atoms with Crippen LogP contribution in [0.1, 0.15) is 44.9 Å². The van der Waals surface area contributed by atoms with Crippen LogP contribution in [0.15, 0.2) is 30.5 Å². The Kier molecular flexibility index (Phi) is 4.95. The van der Waals surface area contributed by atoms with Gasteiger partial charge in [0, 0.05) is 30.5 Å². The van der Waals surface area contributed by atoms with Crippen molar-refractivity contribution in [2.75, 3.05) is 28.6 Å². The first-order valence-corrected chi connectivity index (χ1v) is 9.45. The zero-order valence-electron chi connectivity index (χ0n) is 14.6. The van der Waals surface area contributed by atoms with Crippen LogP contribution in [0, 0.1) is 0 Å². The molecular formula is C19H26N6. The van der Waals surface area contributed by atoms with Gasteiger partial charge in [-0.05, 0) is 49.9 Å². The molecule has 0 amide bonds. The van der Waals surface area contributed by atoms with E-state index >= 15 is 0 Å². The molecule has 2 aromatic rings. The zero-order valence-corrected chi connectivity index (χ0v) is 14.6. The topological polar surface area (TPSA) is 66.0 Å². The molecule has 2 fully saturated rings.